The summed E-state index contributed by atoms with van der Waals surface area (Å²) >= 11 is 0. The summed E-state index contributed by atoms with van der Waals surface area (Å²) in [7, 11) is 0. The van der Waals surface area contributed by atoms with Crippen molar-refractivity contribution < 1.29 is 4.79 Å². The molecule has 1 fully saturated rings. The van der Waals surface area contributed by atoms with Crippen molar-refractivity contribution in [1.29, 1.82) is 0 Å². The zero-order valence-electron chi connectivity index (χ0n) is 10.5. The molecule has 0 bridgehead atoms. The van der Waals surface area contributed by atoms with Gasteiger partial charge >= 0.3 is 0 Å². The van der Waals surface area contributed by atoms with E-state index in [1.165, 1.54) is 24.6 Å². The lowest BCUT2D eigenvalue weighted by Crippen LogP contribution is -2.15. The number of H-pyrrole nitrogens is 1. The topological polar surface area (TPSA) is 69.8 Å². The molecule has 1 aromatic carbocycles. The van der Waals surface area contributed by atoms with Crippen molar-refractivity contribution in [2.75, 3.05) is 5.32 Å². The maximum Gasteiger partial charge on any atom is 0.258 e. The van der Waals surface area contributed by atoms with Gasteiger partial charge < -0.3 is 10.6 Å². The van der Waals surface area contributed by atoms with Crippen LogP contribution < -0.4 is 10.6 Å². The Balaban J connectivity index is 1.57. The lowest BCUT2D eigenvalue weighted by Gasteiger charge is -2.06. The van der Waals surface area contributed by atoms with Crippen LogP contribution in [0.15, 0.2) is 36.7 Å². The highest BCUT2D eigenvalue weighted by molar-refractivity contribution is 6.03. The third-order valence-electron chi connectivity index (χ3n) is 3.14. The van der Waals surface area contributed by atoms with Crippen LogP contribution in [0.4, 0.5) is 5.69 Å². The monoisotopic (exact) mass is 256 g/mol. The number of benzene rings is 1. The Bertz CT molecular complexity index is 543. The van der Waals surface area contributed by atoms with Gasteiger partial charge in [0, 0.05) is 24.5 Å². The van der Waals surface area contributed by atoms with E-state index in [-0.39, 0.29) is 5.91 Å². The van der Waals surface area contributed by atoms with Gasteiger partial charge in [-0.15, -0.1) is 0 Å². The van der Waals surface area contributed by atoms with Gasteiger partial charge in [-0.25, -0.2) is 0 Å². The molecule has 1 aliphatic carbocycles. The first-order valence-corrected chi connectivity index (χ1v) is 6.44. The van der Waals surface area contributed by atoms with Crippen LogP contribution in [0.25, 0.3) is 0 Å². The highest BCUT2D eigenvalue weighted by Crippen LogP contribution is 2.19. The van der Waals surface area contributed by atoms with Crippen LogP contribution in [-0.2, 0) is 6.54 Å². The Kier molecular flexibility index (Phi) is 3.29. The number of rotatable bonds is 5. The first-order valence-electron chi connectivity index (χ1n) is 6.44. The quantitative estimate of drug-likeness (QED) is 0.765. The summed E-state index contributed by atoms with van der Waals surface area (Å²) < 4.78 is 0. The summed E-state index contributed by atoms with van der Waals surface area (Å²) in [4.78, 5) is 11.8. The van der Waals surface area contributed by atoms with Crippen molar-refractivity contribution in [3.63, 3.8) is 0 Å². The van der Waals surface area contributed by atoms with Crippen LogP contribution in [0.1, 0.15) is 28.8 Å². The number of nitrogens with one attached hydrogen (secondary N) is 3. The first kappa shape index (κ1) is 11.9. The van der Waals surface area contributed by atoms with E-state index < -0.39 is 0 Å². The molecule has 1 heterocycles. The number of aromatic amines is 1. The summed E-state index contributed by atoms with van der Waals surface area (Å²) in [6, 6.07) is 8.60. The van der Waals surface area contributed by atoms with Gasteiger partial charge in [-0.2, -0.15) is 5.10 Å². The molecule has 0 saturated heterocycles. The third kappa shape index (κ3) is 3.20. The molecule has 1 aromatic heterocycles. The average Bonchev–Trinajstić information content (AvgIpc) is 3.09. The Morgan fingerprint density at radius 2 is 2.11 bits per heavy atom. The number of nitrogens with zero attached hydrogens (tertiary/aromatic N) is 1. The molecule has 3 rings (SSSR count). The van der Waals surface area contributed by atoms with Gasteiger partial charge in [-0.05, 0) is 30.5 Å². The van der Waals surface area contributed by atoms with E-state index in [1.54, 1.807) is 6.20 Å². The van der Waals surface area contributed by atoms with Gasteiger partial charge in [0.1, 0.15) is 0 Å². The predicted molar refractivity (Wildman–Crippen MR) is 72.8 cm³/mol. The Labute approximate surface area is 111 Å². The number of anilines is 1. The molecule has 98 valence electrons. The molecule has 1 saturated carbocycles. The summed E-state index contributed by atoms with van der Waals surface area (Å²) in [5.74, 6) is -0.155. The van der Waals surface area contributed by atoms with Crippen molar-refractivity contribution in [2.24, 2.45) is 0 Å². The predicted octanol–water partition coefficient (Wildman–Crippen LogP) is 1.91. The SMILES string of the molecule is O=C(Nc1ccc(CNC2CC2)cc1)c1cn[nH]c1. The molecule has 0 atom stereocenters. The molecular formula is C14H16N4O. The van der Waals surface area contributed by atoms with Crippen LogP contribution >= 0.6 is 0 Å². The van der Waals surface area contributed by atoms with Gasteiger partial charge in [0.05, 0.1) is 11.8 Å². The van der Waals surface area contributed by atoms with Gasteiger partial charge in [-0.3, -0.25) is 9.89 Å². The van der Waals surface area contributed by atoms with Crippen LogP contribution in [0.5, 0.6) is 0 Å². The van der Waals surface area contributed by atoms with Crippen molar-refractivity contribution in [2.45, 2.75) is 25.4 Å². The molecular weight excluding hydrogens is 240 g/mol. The van der Waals surface area contributed by atoms with Gasteiger partial charge in [-0.1, -0.05) is 12.1 Å². The van der Waals surface area contributed by atoms with Crippen molar-refractivity contribution >= 4 is 11.6 Å². The summed E-state index contributed by atoms with van der Waals surface area (Å²) in [6.07, 6.45) is 5.66. The molecule has 3 N–H and O–H groups in total. The maximum absolute atomic E-state index is 11.8. The van der Waals surface area contributed by atoms with Crippen molar-refractivity contribution in [3.05, 3.63) is 47.8 Å². The summed E-state index contributed by atoms with van der Waals surface area (Å²) in [5, 5.41) is 12.7. The van der Waals surface area contributed by atoms with E-state index >= 15 is 0 Å². The Morgan fingerprint density at radius 1 is 1.32 bits per heavy atom. The van der Waals surface area contributed by atoms with Gasteiger partial charge in [0.25, 0.3) is 5.91 Å². The number of hydrogen-bond acceptors (Lipinski definition) is 3. The molecule has 0 unspecified atom stereocenters. The normalized spacial score (nSPS) is 14.3. The fourth-order valence-electron chi connectivity index (χ4n) is 1.83. The Morgan fingerprint density at radius 3 is 2.74 bits per heavy atom. The van der Waals surface area contributed by atoms with E-state index in [9.17, 15) is 4.79 Å². The molecule has 0 radical (unpaired) electrons. The molecule has 2 aromatic rings. The lowest BCUT2D eigenvalue weighted by atomic mass is 10.2. The minimum Gasteiger partial charge on any atom is -0.322 e. The zero-order valence-corrected chi connectivity index (χ0v) is 10.5. The number of carbonyl (C=O) groups excluding carboxylic acids is 1. The maximum atomic E-state index is 11.8. The molecule has 1 amide bonds. The van der Waals surface area contributed by atoms with Crippen molar-refractivity contribution in [3.8, 4) is 0 Å². The number of amides is 1. The molecule has 5 nitrogen and oxygen atoms in total. The molecule has 1 aliphatic rings. The second-order valence-electron chi connectivity index (χ2n) is 4.79. The molecule has 19 heavy (non-hydrogen) atoms. The van der Waals surface area contributed by atoms with Crippen LogP contribution in [0.3, 0.4) is 0 Å². The largest absolute Gasteiger partial charge is 0.322 e. The van der Waals surface area contributed by atoms with E-state index in [2.05, 4.69) is 20.8 Å². The first-order chi connectivity index (χ1) is 9.31. The standard InChI is InChI=1S/C14H16N4O/c19-14(11-8-16-17-9-11)18-13-3-1-10(2-4-13)7-15-12-5-6-12/h1-4,8-9,12,15H,5-7H2,(H,16,17)(H,18,19). The van der Waals surface area contributed by atoms with Gasteiger partial charge in [0.2, 0.25) is 0 Å². The zero-order chi connectivity index (χ0) is 13.1. The summed E-state index contributed by atoms with van der Waals surface area (Å²) in [6.45, 7) is 0.890. The summed E-state index contributed by atoms with van der Waals surface area (Å²) in [5.41, 5.74) is 2.55. The number of carbonyl (C=O) groups is 1. The highest BCUT2D eigenvalue weighted by atomic mass is 16.1. The van der Waals surface area contributed by atoms with E-state index in [4.69, 9.17) is 0 Å². The third-order valence-corrected chi connectivity index (χ3v) is 3.14. The number of aromatic nitrogens is 2. The lowest BCUT2D eigenvalue weighted by molar-refractivity contribution is 0.102. The van der Waals surface area contributed by atoms with Crippen LogP contribution in [0, 0.1) is 0 Å². The molecule has 5 heteroatoms. The van der Waals surface area contributed by atoms with Crippen LogP contribution in [0.2, 0.25) is 0 Å². The van der Waals surface area contributed by atoms with E-state index in [0.717, 1.165) is 12.2 Å². The fraction of sp³-hybridized carbons (Fsp3) is 0.286. The smallest absolute Gasteiger partial charge is 0.258 e. The van der Waals surface area contributed by atoms with Crippen LogP contribution in [-0.4, -0.2) is 22.1 Å². The second-order valence-corrected chi connectivity index (χ2v) is 4.79. The van der Waals surface area contributed by atoms with E-state index in [0.29, 0.717) is 11.6 Å². The minimum absolute atomic E-state index is 0.155. The van der Waals surface area contributed by atoms with Gasteiger partial charge in [0.15, 0.2) is 0 Å². The Hall–Kier alpha value is -2.14. The average molecular weight is 256 g/mol. The van der Waals surface area contributed by atoms with E-state index in [1.807, 2.05) is 24.3 Å². The number of hydrogen-bond donors (Lipinski definition) is 3. The highest BCUT2D eigenvalue weighted by Gasteiger charge is 2.19. The molecule has 0 aliphatic heterocycles. The van der Waals surface area contributed by atoms with Crippen molar-refractivity contribution in [1.82, 2.24) is 15.5 Å². The minimum atomic E-state index is -0.155. The second kappa shape index (κ2) is 5.24. The fourth-order valence-corrected chi connectivity index (χ4v) is 1.83. The molecule has 0 spiro atoms.